The van der Waals surface area contributed by atoms with Crippen LogP contribution in [-0.2, 0) is 17.8 Å². The van der Waals surface area contributed by atoms with E-state index in [0.717, 1.165) is 50.2 Å². The highest BCUT2D eigenvalue weighted by atomic mass is 16.5. The fraction of sp³-hybridized carbons (Fsp3) is 0.429. The summed E-state index contributed by atoms with van der Waals surface area (Å²) < 4.78 is 10.0. The van der Waals surface area contributed by atoms with Gasteiger partial charge in [0.2, 0.25) is 0 Å². The van der Waals surface area contributed by atoms with Crippen molar-refractivity contribution in [3.05, 3.63) is 72.7 Å². The monoisotopic (exact) mass is 455 g/mol. The number of nitrogens with zero attached hydrogens (tertiary/aromatic N) is 5. The highest BCUT2D eigenvalue weighted by Gasteiger charge is 2.29. The lowest BCUT2D eigenvalue weighted by Crippen LogP contribution is -2.26. The van der Waals surface area contributed by atoms with Crippen LogP contribution < -0.4 is 0 Å². The van der Waals surface area contributed by atoms with Gasteiger partial charge < -0.3 is 4.74 Å². The number of hydrogen-bond donors (Lipinski definition) is 0. The van der Waals surface area contributed by atoms with Crippen molar-refractivity contribution in [2.45, 2.75) is 58.0 Å². The van der Waals surface area contributed by atoms with E-state index in [1.807, 2.05) is 10.9 Å². The molecule has 2 saturated heterocycles. The van der Waals surface area contributed by atoms with Crippen molar-refractivity contribution in [2.75, 3.05) is 13.2 Å². The van der Waals surface area contributed by atoms with Gasteiger partial charge in [-0.3, -0.25) is 9.58 Å². The molecule has 0 radical (unpaired) electrons. The second-order valence-electron chi connectivity index (χ2n) is 10.0. The minimum absolute atomic E-state index is 0.0734. The third-order valence-electron chi connectivity index (χ3n) is 7.40. The van der Waals surface area contributed by atoms with E-state index in [-0.39, 0.29) is 6.23 Å². The second kappa shape index (κ2) is 9.35. The fourth-order valence-corrected chi connectivity index (χ4v) is 5.58. The first-order valence-corrected chi connectivity index (χ1v) is 12.6. The first kappa shape index (κ1) is 21.6. The zero-order valence-corrected chi connectivity index (χ0v) is 19.9. The van der Waals surface area contributed by atoms with Crippen LogP contribution in [0.5, 0.6) is 0 Å². The van der Waals surface area contributed by atoms with Crippen LogP contribution >= 0.6 is 0 Å². The Kier molecular flexibility index (Phi) is 5.93. The summed E-state index contributed by atoms with van der Waals surface area (Å²) >= 11 is 0. The molecule has 34 heavy (non-hydrogen) atoms. The Balaban J connectivity index is 1.14. The quantitative estimate of drug-likeness (QED) is 0.385. The zero-order chi connectivity index (χ0) is 22.9. The van der Waals surface area contributed by atoms with Crippen LogP contribution in [0.1, 0.15) is 44.4 Å². The van der Waals surface area contributed by atoms with Crippen LogP contribution in [0.15, 0.2) is 67.1 Å². The first-order chi connectivity index (χ1) is 16.7. The molecule has 0 saturated carbocycles. The van der Waals surface area contributed by atoms with Crippen molar-refractivity contribution >= 4 is 10.9 Å². The topological polar surface area (TPSA) is 48.1 Å². The van der Waals surface area contributed by atoms with Gasteiger partial charge in [-0.2, -0.15) is 10.2 Å². The molecule has 1 unspecified atom stereocenters. The molecule has 176 valence electrons. The maximum absolute atomic E-state index is 5.88. The summed E-state index contributed by atoms with van der Waals surface area (Å²) in [6.07, 6.45) is 11.0. The third-order valence-corrected chi connectivity index (χ3v) is 7.40. The molecule has 0 aliphatic carbocycles. The molecule has 3 atom stereocenters. The number of hydrogen-bond acceptors (Lipinski definition) is 4. The van der Waals surface area contributed by atoms with Crippen molar-refractivity contribution in [1.29, 1.82) is 0 Å². The molecule has 6 heteroatoms. The summed E-state index contributed by atoms with van der Waals surface area (Å²) in [6.45, 7) is 6.31. The summed E-state index contributed by atoms with van der Waals surface area (Å²) in [4.78, 5) is 2.61. The lowest BCUT2D eigenvalue weighted by molar-refractivity contribution is -0.0394. The van der Waals surface area contributed by atoms with E-state index in [2.05, 4.69) is 82.5 Å². The molecule has 2 aliphatic rings. The molecule has 6 rings (SSSR count). The number of aromatic nitrogens is 4. The van der Waals surface area contributed by atoms with Gasteiger partial charge in [-0.05, 0) is 61.8 Å². The zero-order valence-electron chi connectivity index (χ0n) is 19.9. The van der Waals surface area contributed by atoms with Crippen molar-refractivity contribution in [3.63, 3.8) is 0 Å². The summed E-state index contributed by atoms with van der Waals surface area (Å²) in [5.41, 5.74) is 4.76. The summed E-state index contributed by atoms with van der Waals surface area (Å²) in [5, 5.41) is 10.6. The molecule has 6 nitrogen and oxygen atoms in total. The van der Waals surface area contributed by atoms with Crippen LogP contribution in [0.4, 0.5) is 0 Å². The van der Waals surface area contributed by atoms with E-state index < -0.39 is 0 Å². The Bertz CT molecular complexity index is 1240. The van der Waals surface area contributed by atoms with Gasteiger partial charge in [-0.15, -0.1) is 0 Å². The number of rotatable bonds is 6. The molecular formula is C28H33N5O. The summed E-state index contributed by atoms with van der Waals surface area (Å²) in [5.74, 6) is 0.626. The van der Waals surface area contributed by atoms with Crippen molar-refractivity contribution in [3.8, 4) is 11.1 Å². The normalized spacial score (nSPS) is 23.6. The number of ether oxygens (including phenoxy) is 1. The molecule has 0 amide bonds. The average Bonchev–Trinajstić information content (AvgIpc) is 3.59. The van der Waals surface area contributed by atoms with E-state index in [1.54, 1.807) is 0 Å². The lowest BCUT2D eigenvalue weighted by Gasteiger charge is -2.22. The maximum Gasteiger partial charge on any atom is 0.150 e. The minimum atomic E-state index is 0.0734. The molecule has 2 aromatic carbocycles. The van der Waals surface area contributed by atoms with Gasteiger partial charge in [0, 0.05) is 55.6 Å². The standard InChI is InChI=1S/C28H33N5O/c1-21-13-23(17-31(21)16-22-7-3-2-4-8-22)18-32-19-25-14-24(10-11-27(25)30-32)26-15-29-33(20-26)28-9-5-6-12-34-28/h2-4,7-8,10-11,14-15,19-21,23,28H,5-6,9,12-13,16-18H2,1H3/t21-,23+,28?/m0/s1. The van der Waals surface area contributed by atoms with E-state index >= 15 is 0 Å². The predicted octanol–water partition coefficient (Wildman–Crippen LogP) is 5.51. The second-order valence-corrected chi connectivity index (χ2v) is 10.0. The number of benzene rings is 2. The third kappa shape index (κ3) is 4.52. The van der Waals surface area contributed by atoms with Gasteiger partial charge in [0.1, 0.15) is 6.23 Å². The Morgan fingerprint density at radius 2 is 1.94 bits per heavy atom. The SMILES string of the molecule is C[C@H]1C[C@@H](Cn2cc3cc(-c4cnn(C5CCCCO5)c4)ccc3n2)CN1Cc1ccccc1. The fourth-order valence-electron chi connectivity index (χ4n) is 5.58. The summed E-state index contributed by atoms with van der Waals surface area (Å²) in [7, 11) is 0. The molecule has 4 aromatic rings. The Morgan fingerprint density at radius 1 is 1.03 bits per heavy atom. The number of fused-ring (bicyclic) bond motifs is 1. The highest BCUT2D eigenvalue weighted by Crippen LogP contribution is 2.29. The first-order valence-electron chi connectivity index (χ1n) is 12.6. The van der Waals surface area contributed by atoms with Gasteiger partial charge in [-0.25, -0.2) is 4.68 Å². The van der Waals surface area contributed by atoms with E-state index in [0.29, 0.717) is 12.0 Å². The van der Waals surface area contributed by atoms with Crippen molar-refractivity contribution in [1.82, 2.24) is 24.5 Å². The van der Waals surface area contributed by atoms with E-state index in [9.17, 15) is 0 Å². The smallest absolute Gasteiger partial charge is 0.150 e. The van der Waals surface area contributed by atoms with Gasteiger partial charge >= 0.3 is 0 Å². The Hall–Kier alpha value is -2.96. The Labute approximate surface area is 201 Å². The lowest BCUT2D eigenvalue weighted by atomic mass is 10.1. The van der Waals surface area contributed by atoms with Crippen LogP contribution in [0.2, 0.25) is 0 Å². The molecule has 2 aliphatic heterocycles. The molecule has 2 aromatic heterocycles. The number of likely N-dealkylation sites (tertiary alicyclic amines) is 1. The molecule has 2 fully saturated rings. The van der Waals surface area contributed by atoms with Gasteiger partial charge in [-0.1, -0.05) is 36.4 Å². The largest absolute Gasteiger partial charge is 0.357 e. The van der Waals surface area contributed by atoms with Gasteiger partial charge in [0.05, 0.1) is 11.7 Å². The van der Waals surface area contributed by atoms with Crippen molar-refractivity contribution < 1.29 is 4.74 Å². The summed E-state index contributed by atoms with van der Waals surface area (Å²) in [6, 6.07) is 17.9. The Morgan fingerprint density at radius 3 is 2.79 bits per heavy atom. The molecule has 0 N–H and O–H groups in total. The molecule has 0 spiro atoms. The van der Waals surface area contributed by atoms with Crippen LogP contribution in [0, 0.1) is 5.92 Å². The molecular weight excluding hydrogens is 422 g/mol. The van der Waals surface area contributed by atoms with Gasteiger partial charge in [0.25, 0.3) is 0 Å². The van der Waals surface area contributed by atoms with Crippen LogP contribution in [-0.4, -0.2) is 43.7 Å². The van der Waals surface area contributed by atoms with E-state index in [1.165, 1.54) is 29.4 Å². The van der Waals surface area contributed by atoms with E-state index in [4.69, 9.17) is 9.84 Å². The molecule has 4 heterocycles. The van der Waals surface area contributed by atoms with Crippen molar-refractivity contribution in [2.24, 2.45) is 5.92 Å². The maximum atomic E-state index is 5.88. The average molecular weight is 456 g/mol. The van der Waals surface area contributed by atoms with Gasteiger partial charge in [0.15, 0.2) is 0 Å². The minimum Gasteiger partial charge on any atom is -0.357 e. The highest BCUT2D eigenvalue weighted by molar-refractivity contribution is 5.83. The molecule has 0 bridgehead atoms. The van der Waals surface area contributed by atoms with Crippen LogP contribution in [0.25, 0.3) is 22.0 Å². The predicted molar refractivity (Wildman–Crippen MR) is 134 cm³/mol. The van der Waals surface area contributed by atoms with Crippen LogP contribution in [0.3, 0.4) is 0 Å².